The van der Waals surface area contributed by atoms with Gasteiger partial charge < -0.3 is 11.1 Å². The van der Waals surface area contributed by atoms with Gasteiger partial charge in [0.2, 0.25) is 15.9 Å². The molecule has 1 aliphatic heterocycles. The van der Waals surface area contributed by atoms with E-state index in [9.17, 15) is 17.6 Å². The molecule has 1 aromatic rings. The molecule has 0 spiro atoms. The Morgan fingerprint density at radius 3 is 2.76 bits per heavy atom. The van der Waals surface area contributed by atoms with Gasteiger partial charge >= 0.3 is 0 Å². The van der Waals surface area contributed by atoms with Crippen molar-refractivity contribution in [3.05, 3.63) is 24.0 Å². The number of benzene rings is 1. The molecule has 2 unspecified atom stereocenters. The Labute approximate surface area is 147 Å². The maximum Gasteiger partial charge on any atom is 0.235 e. The number of sulfonamides is 1. The molecule has 2 atom stereocenters. The average Bonchev–Trinajstić information content (AvgIpc) is 2.88. The molecule has 0 aromatic heterocycles. The minimum atomic E-state index is -3.49. The van der Waals surface area contributed by atoms with Crippen molar-refractivity contribution in [3.63, 3.8) is 0 Å². The van der Waals surface area contributed by atoms with E-state index in [0.29, 0.717) is 18.5 Å². The monoisotopic (exact) mass is 369 g/mol. The normalized spacial score (nSPS) is 28.8. The molecule has 1 amide bonds. The van der Waals surface area contributed by atoms with Crippen LogP contribution in [0.2, 0.25) is 0 Å². The van der Waals surface area contributed by atoms with Gasteiger partial charge in [-0.1, -0.05) is 12.8 Å². The minimum absolute atomic E-state index is 0.0105. The Kier molecular flexibility index (Phi) is 4.76. The number of nitrogens with zero attached hydrogens (tertiary/aromatic N) is 1. The zero-order valence-electron chi connectivity index (χ0n) is 14.3. The molecule has 1 aromatic carbocycles. The molecule has 2 fully saturated rings. The van der Waals surface area contributed by atoms with Crippen molar-refractivity contribution in [1.82, 2.24) is 0 Å². The van der Waals surface area contributed by atoms with Crippen LogP contribution in [0, 0.1) is 11.7 Å². The van der Waals surface area contributed by atoms with Crippen LogP contribution in [0.25, 0.3) is 0 Å². The highest BCUT2D eigenvalue weighted by molar-refractivity contribution is 7.93. The van der Waals surface area contributed by atoms with Gasteiger partial charge in [-0.15, -0.1) is 0 Å². The molecule has 3 N–H and O–H groups in total. The van der Waals surface area contributed by atoms with Crippen molar-refractivity contribution in [1.29, 1.82) is 0 Å². The van der Waals surface area contributed by atoms with E-state index in [4.69, 9.17) is 5.73 Å². The Morgan fingerprint density at radius 1 is 1.36 bits per heavy atom. The summed E-state index contributed by atoms with van der Waals surface area (Å²) in [6, 6.07) is 4.00. The van der Waals surface area contributed by atoms with Crippen LogP contribution < -0.4 is 15.4 Å². The predicted octanol–water partition coefficient (Wildman–Crippen LogP) is 2.21. The topological polar surface area (TPSA) is 92.5 Å². The molecule has 1 aliphatic carbocycles. The lowest BCUT2D eigenvalue weighted by molar-refractivity contribution is -0.122. The largest absolute Gasteiger partial charge is 0.326 e. The van der Waals surface area contributed by atoms with E-state index < -0.39 is 21.4 Å². The van der Waals surface area contributed by atoms with Gasteiger partial charge in [-0.05, 0) is 44.4 Å². The van der Waals surface area contributed by atoms with Crippen molar-refractivity contribution < 1.29 is 17.6 Å². The average molecular weight is 369 g/mol. The van der Waals surface area contributed by atoms with E-state index in [0.717, 1.165) is 23.6 Å². The molecule has 3 rings (SSSR count). The van der Waals surface area contributed by atoms with Gasteiger partial charge in [0.05, 0.1) is 17.4 Å². The molecule has 6 nitrogen and oxygen atoms in total. The number of nitrogens with two attached hydrogens (primary N) is 1. The maximum atomic E-state index is 14.1. The highest BCUT2D eigenvalue weighted by atomic mass is 32.2. The highest BCUT2D eigenvalue weighted by Gasteiger charge is 2.38. The van der Waals surface area contributed by atoms with Crippen molar-refractivity contribution in [2.75, 3.05) is 21.9 Å². The van der Waals surface area contributed by atoms with E-state index in [2.05, 4.69) is 5.32 Å². The van der Waals surface area contributed by atoms with Crippen LogP contribution in [-0.2, 0) is 14.8 Å². The third-order valence-electron chi connectivity index (χ3n) is 5.15. The van der Waals surface area contributed by atoms with Gasteiger partial charge in [0.15, 0.2) is 0 Å². The molecule has 2 aliphatic rings. The number of nitrogens with one attached hydrogen (secondary N) is 1. The van der Waals surface area contributed by atoms with Gasteiger partial charge in [-0.2, -0.15) is 0 Å². The summed E-state index contributed by atoms with van der Waals surface area (Å²) < 4.78 is 39.3. The zero-order valence-corrected chi connectivity index (χ0v) is 15.1. The fourth-order valence-corrected chi connectivity index (χ4v) is 5.27. The van der Waals surface area contributed by atoms with Crippen molar-refractivity contribution in [2.24, 2.45) is 11.7 Å². The first-order chi connectivity index (χ1) is 11.7. The summed E-state index contributed by atoms with van der Waals surface area (Å²) >= 11 is 0. The van der Waals surface area contributed by atoms with Gasteiger partial charge in [0.1, 0.15) is 5.82 Å². The fourth-order valence-electron chi connectivity index (χ4n) is 3.71. The lowest BCUT2D eigenvalue weighted by atomic mass is 9.74. The molecule has 1 saturated heterocycles. The van der Waals surface area contributed by atoms with Gasteiger partial charge in [-0.25, -0.2) is 12.8 Å². The number of rotatable bonds is 3. The predicted molar refractivity (Wildman–Crippen MR) is 95.3 cm³/mol. The molecule has 1 saturated carbocycles. The van der Waals surface area contributed by atoms with E-state index >= 15 is 0 Å². The summed E-state index contributed by atoms with van der Waals surface area (Å²) in [7, 11) is -3.49. The molecule has 0 radical (unpaired) electrons. The number of carbonyl (C=O) groups is 1. The number of anilines is 2. The number of hydrogen-bond donors (Lipinski definition) is 2. The van der Waals surface area contributed by atoms with Crippen LogP contribution in [0.5, 0.6) is 0 Å². The molecule has 0 bridgehead atoms. The third kappa shape index (κ3) is 3.64. The Bertz CT molecular complexity index is 779. The van der Waals surface area contributed by atoms with Gasteiger partial charge in [0.25, 0.3) is 0 Å². The second-order valence-electron chi connectivity index (χ2n) is 7.20. The first-order valence-electron chi connectivity index (χ1n) is 8.60. The van der Waals surface area contributed by atoms with Crippen molar-refractivity contribution >= 4 is 27.3 Å². The molecule has 8 heteroatoms. The first kappa shape index (κ1) is 18.1. The second kappa shape index (κ2) is 6.57. The zero-order chi connectivity index (χ0) is 18.2. The van der Waals surface area contributed by atoms with Gasteiger partial charge in [-0.3, -0.25) is 9.10 Å². The van der Waals surface area contributed by atoms with E-state index in [-0.39, 0.29) is 29.8 Å². The van der Waals surface area contributed by atoms with Crippen LogP contribution in [0.1, 0.15) is 39.0 Å². The summed E-state index contributed by atoms with van der Waals surface area (Å²) in [5.74, 6) is -1.13. The van der Waals surface area contributed by atoms with E-state index in [1.54, 1.807) is 0 Å². The lowest BCUT2D eigenvalue weighted by Crippen LogP contribution is -2.51. The Hall–Kier alpha value is -1.67. The lowest BCUT2D eigenvalue weighted by Gasteiger charge is -2.37. The maximum absolute atomic E-state index is 14.1. The van der Waals surface area contributed by atoms with Crippen LogP contribution in [0.15, 0.2) is 18.2 Å². The summed E-state index contributed by atoms with van der Waals surface area (Å²) in [5.41, 5.74) is 6.05. The molecule has 1 heterocycles. The number of amides is 1. The van der Waals surface area contributed by atoms with Crippen LogP contribution >= 0.6 is 0 Å². The molecule has 25 heavy (non-hydrogen) atoms. The standard InChI is InChI=1S/C17H24FN3O3S/c1-17(19)8-3-2-5-13(17)16(22)20-12-6-7-14(18)15(11-12)21-9-4-10-25(21,23)24/h6-7,11,13H,2-5,8-10,19H2,1H3,(H,20,22). The quantitative estimate of drug-likeness (QED) is 0.854. The number of hydrogen-bond acceptors (Lipinski definition) is 4. The van der Waals surface area contributed by atoms with E-state index in [1.807, 2.05) is 6.92 Å². The highest BCUT2D eigenvalue weighted by Crippen LogP contribution is 2.33. The summed E-state index contributed by atoms with van der Waals surface area (Å²) in [6.07, 6.45) is 3.92. The number of halogens is 1. The molecular formula is C17H24FN3O3S. The Balaban J connectivity index is 1.82. The summed E-state index contributed by atoms with van der Waals surface area (Å²) in [6.45, 7) is 2.13. The van der Waals surface area contributed by atoms with Crippen LogP contribution in [-0.4, -0.2) is 32.2 Å². The first-order valence-corrected chi connectivity index (χ1v) is 10.2. The minimum Gasteiger partial charge on any atom is -0.326 e. The summed E-state index contributed by atoms with van der Waals surface area (Å²) in [5, 5.41) is 2.78. The van der Waals surface area contributed by atoms with E-state index in [1.165, 1.54) is 18.2 Å². The number of carbonyl (C=O) groups excluding carboxylic acids is 1. The second-order valence-corrected chi connectivity index (χ2v) is 9.21. The Morgan fingerprint density at radius 2 is 2.12 bits per heavy atom. The molecule has 138 valence electrons. The SMILES string of the molecule is CC1(N)CCCCC1C(=O)Nc1ccc(F)c(N2CCCS2(=O)=O)c1. The van der Waals surface area contributed by atoms with Crippen molar-refractivity contribution in [3.8, 4) is 0 Å². The summed E-state index contributed by atoms with van der Waals surface area (Å²) in [4.78, 5) is 12.6. The van der Waals surface area contributed by atoms with Gasteiger partial charge in [0, 0.05) is 17.8 Å². The smallest absolute Gasteiger partial charge is 0.235 e. The fraction of sp³-hybridized carbons (Fsp3) is 0.588. The third-order valence-corrected chi connectivity index (χ3v) is 7.01. The van der Waals surface area contributed by atoms with Crippen LogP contribution in [0.3, 0.4) is 0 Å². The van der Waals surface area contributed by atoms with Crippen LogP contribution in [0.4, 0.5) is 15.8 Å². The molecular weight excluding hydrogens is 345 g/mol. The van der Waals surface area contributed by atoms with Crippen molar-refractivity contribution in [2.45, 2.75) is 44.6 Å².